The number of nitrogens with two attached hydrogens (primary N) is 1. The van der Waals surface area contributed by atoms with E-state index in [0.29, 0.717) is 5.56 Å². The van der Waals surface area contributed by atoms with Crippen molar-refractivity contribution < 1.29 is 13.6 Å². The molecule has 1 saturated carbocycles. The molecule has 4 heteroatoms. The maximum Gasteiger partial charge on any atom is 0.144 e. The van der Waals surface area contributed by atoms with E-state index in [1.165, 1.54) is 12.1 Å². The number of ketones is 1. The van der Waals surface area contributed by atoms with Crippen molar-refractivity contribution in [2.45, 2.75) is 38.6 Å². The Hall–Kier alpha value is -1.29. The van der Waals surface area contributed by atoms with Gasteiger partial charge in [-0.1, -0.05) is 13.3 Å². The molecule has 0 amide bonds. The van der Waals surface area contributed by atoms with Crippen molar-refractivity contribution in [2.75, 3.05) is 0 Å². The summed E-state index contributed by atoms with van der Waals surface area (Å²) in [7, 11) is 0. The Balaban J connectivity index is 2.16. The zero-order valence-corrected chi connectivity index (χ0v) is 10.4. The lowest BCUT2D eigenvalue weighted by atomic mass is 9.78. The number of carbonyl (C=O) groups is 1. The first kappa shape index (κ1) is 13.1. The second-order valence-corrected chi connectivity index (χ2v) is 5.29. The van der Waals surface area contributed by atoms with Crippen molar-refractivity contribution in [1.82, 2.24) is 0 Å². The molecule has 98 valence electrons. The molecule has 2 nitrogen and oxygen atoms in total. The van der Waals surface area contributed by atoms with Crippen LogP contribution >= 0.6 is 0 Å². The molecule has 0 heterocycles. The van der Waals surface area contributed by atoms with Crippen LogP contribution in [0.5, 0.6) is 0 Å². The topological polar surface area (TPSA) is 43.1 Å². The Morgan fingerprint density at radius 3 is 2.50 bits per heavy atom. The summed E-state index contributed by atoms with van der Waals surface area (Å²) < 4.78 is 26.1. The Morgan fingerprint density at radius 2 is 2.00 bits per heavy atom. The van der Waals surface area contributed by atoms with Gasteiger partial charge in [-0.15, -0.1) is 0 Å². The van der Waals surface area contributed by atoms with Gasteiger partial charge in [-0.05, 0) is 30.5 Å². The van der Waals surface area contributed by atoms with Crippen LogP contribution in [0.1, 0.15) is 31.7 Å². The summed E-state index contributed by atoms with van der Waals surface area (Å²) in [6.07, 6.45) is 2.56. The Bertz CT molecular complexity index is 455. The van der Waals surface area contributed by atoms with Crippen molar-refractivity contribution in [1.29, 1.82) is 0 Å². The SMILES string of the molecule is CC1(C(=O)Cc2cc(F)cc(F)c2)CCCC1N. The van der Waals surface area contributed by atoms with Gasteiger partial charge in [0.05, 0.1) is 0 Å². The van der Waals surface area contributed by atoms with Gasteiger partial charge in [-0.3, -0.25) is 4.79 Å². The number of halogens is 2. The Morgan fingerprint density at radius 1 is 1.39 bits per heavy atom. The largest absolute Gasteiger partial charge is 0.327 e. The summed E-state index contributed by atoms with van der Waals surface area (Å²) in [5, 5.41) is 0. The number of hydrogen-bond acceptors (Lipinski definition) is 2. The number of hydrogen-bond donors (Lipinski definition) is 1. The second-order valence-electron chi connectivity index (χ2n) is 5.29. The van der Waals surface area contributed by atoms with E-state index in [9.17, 15) is 13.6 Å². The van der Waals surface area contributed by atoms with Gasteiger partial charge in [0.2, 0.25) is 0 Å². The predicted molar refractivity (Wildman–Crippen MR) is 65.0 cm³/mol. The lowest BCUT2D eigenvalue weighted by Gasteiger charge is -2.27. The number of carbonyl (C=O) groups excluding carboxylic acids is 1. The van der Waals surface area contributed by atoms with E-state index in [2.05, 4.69) is 0 Å². The van der Waals surface area contributed by atoms with E-state index in [4.69, 9.17) is 5.73 Å². The first-order valence-corrected chi connectivity index (χ1v) is 6.16. The van der Waals surface area contributed by atoms with Crippen LogP contribution in [0.2, 0.25) is 0 Å². The zero-order chi connectivity index (χ0) is 13.3. The molecule has 1 aliphatic rings. The molecule has 0 aliphatic heterocycles. The van der Waals surface area contributed by atoms with Crippen LogP contribution in [-0.2, 0) is 11.2 Å². The maximum absolute atomic E-state index is 13.1. The van der Waals surface area contributed by atoms with Crippen molar-refractivity contribution in [2.24, 2.45) is 11.1 Å². The predicted octanol–water partition coefficient (Wildman–Crippen LogP) is 2.59. The first-order chi connectivity index (χ1) is 8.41. The van der Waals surface area contributed by atoms with Gasteiger partial charge in [0.25, 0.3) is 0 Å². The average molecular weight is 253 g/mol. The highest BCUT2D eigenvalue weighted by atomic mass is 19.1. The minimum absolute atomic E-state index is 0.0301. The molecule has 0 bridgehead atoms. The van der Waals surface area contributed by atoms with Crippen LogP contribution in [0.25, 0.3) is 0 Å². The van der Waals surface area contributed by atoms with Crippen LogP contribution < -0.4 is 5.73 Å². The summed E-state index contributed by atoms with van der Waals surface area (Å²) in [5.74, 6) is -1.34. The van der Waals surface area contributed by atoms with Gasteiger partial charge in [0, 0.05) is 23.9 Å². The highest BCUT2D eigenvalue weighted by Gasteiger charge is 2.42. The van der Waals surface area contributed by atoms with Gasteiger partial charge >= 0.3 is 0 Å². The van der Waals surface area contributed by atoms with Crippen molar-refractivity contribution in [3.8, 4) is 0 Å². The number of rotatable bonds is 3. The summed E-state index contributed by atoms with van der Waals surface area (Å²) in [5.41, 5.74) is 5.78. The molecule has 1 aromatic carbocycles. The highest BCUT2D eigenvalue weighted by molar-refractivity contribution is 5.87. The normalized spacial score (nSPS) is 27.4. The summed E-state index contributed by atoms with van der Waals surface area (Å²) >= 11 is 0. The molecular formula is C14H17F2NO. The van der Waals surface area contributed by atoms with E-state index in [1.54, 1.807) is 0 Å². The van der Waals surface area contributed by atoms with Crippen LogP contribution in [0.4, 0.5) is 8.78 Å². The molecule has 1 aromatic rings. The van der Waals surface area contributed by atoms with Crippen molar-refractivity contribution >= 4 is 5.78 Å². The lowest BCUT2D eigenvalue weighted by molar-refractivity contribution is -0.127. The first-order valence-electron chi connectivity index (χ1n) is 6.16. The maximum atomic E-state index is 13.1. The third-order valence-electron chi connectivity index (χ3n) is 3.95. The fourth-order valence-corrected chi connectivity index (χ4v) is 2.64. The summed E-state index contributed by atoms with van der Waals surface area (Å²) in [4.78, 5) is 12.2. The van der Waals surface area contributed by atoms with E-state index in [-0.39, 0.29) is 18.2 Å². The van der Waals surface area contributed by atoms with Gasteiger partial charge < -0.3 is 5.73 Å². The van der Waals surface area contributed by atoms with Crippen LogP contribution in [0.15, 0.2) is 18.2 Å². The fourth-order valence-electron chi connectivity index (χ4n) is 2.64. The monoisotopic (exact) mass is 253 g/mol. The molecule has 0 radical (unpaired) electrons. The number of benzene rings is 1. The van der Waals surface area contributed by atoms with Gasteiger partial charge in [-0.2, -0.15) is 0 Å². The molecule has 2 atom stereocenters. The molecule has 0 spiro atoms. The van der Waals surface area contributed by atoms with E-state index in [0.717, 1.165) is 25.3 Å². The molecule has 0 saturated heterocycles. The highest BCUT2D eigenvalue weighted by Crippen LogP contribution is 2.38. The standard InChI is InChI=1S/C14H17F2NO/c1-14(4-2-3-12(14)17)13(18)7-9-5-10(15)8-11(16)6-9/h5-6,8,12H,2-4,7,17H2,1H3. The van der Waals surface area contributed by atoms with E-state index >= 15 is 0 Å². The smallest absolute Gasteiger partial charge is 0.144 e. The molecule has 2 N–H and O–H groups in total. The van der Waals surface area contributed by atoms with Gasteiger partial charge in [-0.25, -0.2) is 8.78 Å². The third-order valence-corrected chi connectivity index (χ3v) is 3.95. The molecule has 1 aliphatic carbocycles. The molecule has 2 unspecified atom stereocenters. The van der Waals surface area contributed by atoms with Crippen LogP contribution in [0.3, 0.4) is 0 Å². The lowest BCUT2D eigenvalue weighted by Crippen LogP contribution is -2.41. The molecular weight excluding hydrogens is 236 g/mol. The molecule has 1 fully saturated rings. The molecule has 18 heavy (non-hydrogen) atoms. The number of Topliss-reactive ketones (excluding diaryl/α,β-unsaturated/α-hetero) is 1. The molecule has 0 aromatic heterocycles. The molecule has 2 rings (SSSR count). The minimum atomic E-state index is -0.654. The zero-order valence-electron chi connectivity index (χ0n) is 10.4. The minimum Gasteiger partial charge on any atom is -0.327 e. The fraction of sp³-hybridized carbons (Fsp3) is 0.500. The van der Waals surface area contributed by atoms with E-state index < -0.39 is 17.0 Å². The van der Waals surface area contributed by atoms with Crippen LogP contribution in [-0.4, -0.2) is 11.8 Å². The summed E-state index contributed by atoms with van der Waals surface area (Å²) in [6.45, 7) is 1.85. The quantitative estimate of drug-likeness (QED) is 0.899. The Labute approximate surface area is 105 Å². The van der Waals surface area contributed by atoms with Crippen LogP contribution in [0, 0.1) is 17.0 Å². The third kappa shape index (κ3) is 2.43. The van der Waals surface area contributed by atoms with Crippen molar-refractivity contribution in [3.05, 3.63) is 35.4 Å². The van der Waals surface area contributed by atoms with Gasteiger partial charge in [0.15, 0.2) is 0 Å². The van der Waals surface area contributed by atoms with Gasteiger partial charge in [0.1, 0.15) is 17.4 Å². The summed E-state index contributed by atoms with van der Waals surface area (Å²) in [6, 6.07) is 3.05. The van der Waals surface area contributed by atoms with Crippen molar-refractivity contribution in [3.63, 3.8) is 0 Å². The second kappa shape index (κ2) is 4.76. The average Bonchev–Trinajstić information content (AvgIpc) is 2.59. The van der Waals surface area contributed by atoms with E-state index in [1.807, 2.05) is 6.92 Å². The Kier molecular flexibility index (Phi) is 3.48.